The third kappa shape index (κ3) is 3.81. The number of imidazole rings is 1. The highest BCUT2D eigenvalue weighted by atomic mass is 35.5. The first-order valence-corrected chi connectivity index (χ1v) is 9.96. The lowest BCUT2D eigenvalue weighted by Crippen LogP contribution is -2.45. The summed E-state index contributed by atoms with van der Waals surface area (Å²) in [6.45, 7) is 8.72. The van der Waals surface area contributed by atoms with Crippen LogP contribution in [0.4, 0.5) is 0 Å². The van der Waals surface area contributed by atoms with Crippen LogP contribution in [0.3, 0.4) is 0 Å². The average Bonchev–Trinajstić information content (AvgIpc) is 3.22. The molecule has 2 aromatic rings. The summed E-state index contributed by atoms with van der Waals surface area (Å²) >= 11 is 6.06. The standard InChI is InChI=1S/C20H28ClN5/c1-14(2)10-26-13-22-9-17(26)11-25-8-7-19-18(12-25)20(24-23-19)15-3-5-16(21)6-4-15/h3-6,9,13-14,18-20,23-24H,7-8,10-12H2,1-2H3. The highest BCUT2D eigenvalue weighted by Crippen LogP contribution is 2.34. The van der Waals surface area contributed by atoms with Gasteiger partial charge in [-0.25, -0.2) is 10.4 Å². The first kappa shape index (κ1) is 18.0. The number of rotatable bonds is 5. The fraction of sp³-hybridized carbons (Fsp3) is 0.550. The molecule has 3 heterocycles. The molecule has 2 aliphatic heterocycles. The zero-order valence-corrected chi connectivity index (χ0v) is 16.3. The van der Waals surface area contributed by atoms with E-state index in [2.05, 4.69) is 51.3 Å². The molecule has 3 unspecified atom stereocenters. The van der Waals surface area contributed by atoms with Gasteiger partial charge in [-0.1, -0.05) is 37.6 Å². The zero-order valence-electron chi connectivity index (χ0n) is 15.5. The molecule has 1 aromatic carbocycles. The van der Waals surface area contributed by atoms with Crippen LogP contribution in [0.25, 0.3) is 0 Å². The van der Waals surface area contributed by atoms with Gasteiger partial charge >= 0.3 is 0 Å². The smallest absolute Gasteiger partial charge is 0.0948 e. The van der Waals surface area contributed by atoms with Crippen molar-refractivity contribution in [3.8, 4) is 0 Å². The molecule has 0 radical (unpaired) electrons. The number of likely N-dealkylation sites (tertiary alicyclic amines) is 1. The first-order valence-electron chi connectivity index (χ1n) is 9.58. The molecule has 2 aliphatic rings. The van der Waals surface area contributed by atoms with E-state index in [9.17, 15) is 0 Å². The summed E-state index contributed by atoms with van der Waals surface area (Å²) in [5, 5.41) is 0.792. The molecule has 4 rings (SSSR count). The van der Waals surface area contributed by atoms with Gasteiger partial charge in [0.2, 0.25) is 0 Å². The molecule has 0 saturated carbocycles. The van der Waals surface area contributed by atoms with Crippen LogP contribution in [0, 0.1) is 11.8 Å². The molecule has 1 aromatic heterocycles. The van der Waals surface area contributed by atoms with E-state index in [4.69, 9.17) is 11.6 Å². The van der Waals surface area contributed by atoms with Crippen LogP contribution in [0.1, 0.15) is 37.6 Å². The number of aromatic nitrogens is 2. The van der Waals surface area contributed by atoms with Crippen LogP contribution in [-0.2, 0) is 13.1 Å². The van der Waals surface area contributed by atoms with Crippen LogP contribution in [0.2, 0.25) is 5.02 Å². The Morgan fingerprint density at radius 2 is 2.04 bits per heavy atom. The minimum atomic E-state index is 0.334. The Labute approximate surface area is 160 Å². The quantitative estimate of drug-likeness (QED) is 0.844. The Morgan fingerprint density at radius 1 is 1.23 bits per heavy atom. The number of halogens is 1. The number of fused-ring (bicyclic) bond motifs is 1. The van der Waals surface area contributed by atoms with Crippen LogP contribution < -0.4 is 10.9 Å². The van der Waals surface area contributed by atoms with Crippen molar-refractivity contribution < 1.29 is 0 Å². The second-order valence-electron chi connectivity index (χ2n) is 8.04. The van der Waals surface area contributed by atoms with Crippen LogP contribution in [0.5, 0.6) is 0 Å². The number of hydrazine groups is 1. The number of nitrogens with one attached hydrogen (secondary N) is 2. The number of hydrogen-bond donors (Lipinski definition) is 2. The van der Waals surface area contributed by atoms with Crippen LogP contribution in [0.15, 0.2) is 36.8 Å². The molecule has 0 spiro atoms. The number of benzene rings is 1. The van der Waals surface area contributed by atoms with E-state index in [-0.39, 0.29) is 0 Å². The average molecular weight is 374 g/mol. The van der Waals surface area contributed by atoms with Crippen molar-refractivity contribution >= 4 is 11.6 Å². The summed E-state index contributed by atoms with van der Waals surface area (Å²) in [6.07, 6.45) is 5.16. The van der Waals surface area contributed by atoms with Gasteiger partial charge in [-0.15, -0.1) is 0 Å². The summed E-state index contributed by atoms with van der Waals surface area (Å²) in [5.74, 6) is 1.19. The SMILES string of the molecule is CC(C)Cn1cncc1CN1CCC2NNC(c3ccc(Cl)cc3)C2C1. The summed E-state index contributed by atoms with van der Waals surface area (Å²) in [5.41, 5.74) is 9.65. The second-order valence-corrected chi connectivity index (χ2v) is 8.48. The molecule has 0 amide bonds. The van der Waals surface area contributed by atoms with Crippen molar-refractivity contribution in [2.45, 2.75) is 45.4 Å². The van der Waals surface area contributed by atoms with E-state index in [0.717, 1.165) is 31.2 Å². The van der Waals surface area contributed by atoms with Gasteiger partial charge in [0.15, 0.2) is 0 Å². The lowest BCUT2D eigenvalue weighted by atomic mass is 9.85. The summed E-state index contributed by atoms with van der Waals surface area (Å²) in [4.78, 5) is 6.95. The van der Waals surface area contributed by atoms with E-state index < -0.39 is 0 Å². The van der Waals surface area contributed by atoms with E-state index in [1.807, 2.05) is 24.7 Å². The molecule has 140 valence electrons. The van der Waals surface area contributed by atoms with E-state index in [0.29, 0.717) is 23.9 Å². The molecular weight excluding hydrogens is 346 g/mol. The molecule has 2 saturated heterocycles. The normalized spacial score (nSPS) is 26.4. The van der Waals surface area contributed by atoms with Gasteiger partial charge in [-0.3, -0.25) is 10.3 Å². The third-order valence-corrected chi connectivity index (χ3v) is 5.82. The lowest BCUT2D eigenvalue weighted by Gasteiger charge is -2.36. The predicted octanol–water partition coefficient (Wildman–Crippen LogP) is 3.23. The Kier molecular flexibility index (Phi) is 5.32. The Bertz CT molecular complexity index is 726. The topological polar surface area (TPSA) is 45.1 Å². The molecule has 5 nitrogen and oxygen atoms in total. The van der Waals surface area contributed by atoms with Crippen molar-refractivity contribution in [3.63, 3.8) is 0 Å². The van der Waals surface area contributed by atoms with Crippen LogP contribution in [-0.4, -0.2) is 33.6 Å². The maximum atomic E-state index is 6.06. The molecule has 26 heavy (non-hydrogen) atoms. The fourth-order valence-corrected chi connectivity index (χ4v) is 4.41. The van der Waals surface area contributed by atoms with E-state index in [1.54, 1.807) is 0 Å². The first-order chi connectivity index (χ1) is 12.6. The zero-order chi connectivity index (χ0) is 18.1. The van der Waals surface area contributed by atoms with E-state index >= 15 is 0 Å². The maximum Gasteiger partial charge on any atom is 0.0948 e. The van der Waals surface area contributed by atoms with Crippen LogP contribution >= 0.6 is 11.6 Å². The Balaban J connectivity index is 1.45. The van der Waals surface area contributed by atoms with Crippen molar-refractivity contribution in [1.82, 2.24) is 25.3 Å². The van der Waals surface area contributed by atoms with E-state index in [1.165, 1.54) is 17.7 Å². The minimum absolute atomic E-state index is 0.334. The monoisotopic (exact) mass is 373 g/mol. The molecular formula is C20H28ClN5. The fourth-order valence-electron chi connectivity index (χ4n) is 4.28. The van der Waals surface area contributed by atoms with Crippen molar-refractivity contribution in [2.75, 3.05) is 13.1 Å². The lowest BCUT2D eigenvalue weighted by molar-refractivity contribution is 0.145. The van der Waals surface area contributed by atoms with Crippen molar-refractivity contribution in [3.05, 3.63) is 53.1 Å². The molecule has 2 N–H and O–H groups in total. The molecule has 3 atom stereocenters. The van der Waals surface area contributed by atoms with Gasteiger partial charge in [-0.05, 0) is 30.0 Å². The van der Waals surface area contributed by atoms with Crippen molar-refractivity contribution in [1.29, 1.82) is 0 Å². The predicted molar refractivity (Wildman–Crippen MR) is 105 cm³/mol. The molecule has 6 heteroatoms. The number of nitrogens with zero attached hydrogens (tertiary/aromatic N) is 3. The molecule has 0 aliphatic carbocycles. The maximum absolute atomic E-state index is 6.06. The van der Waals surface area contributed by atoms with Gasteiger partial charge in [0.05, 0.1) is 18.1 Å². The highest BCUT2D eigenvalue weighted by Gasteiger charge is 2.40. The number of piperidine rings is 1. The van der Waals surface area contributed by atoms with Crippen molar-refractivity contribution in [2.24, 2.45) is 11.8 Å². The largest absolute Gasteiger partial charge is 0.333 e. The van der Waals surface area contributed by atoms with Gasteiger partial charge < -0.3 is 4.57 Å². The Hall–Kier alpha value is -1.40. The summed E-state index contributed by atoms with van der Waals surface area (Å²) < 4.78 is 2.30. The summed E-state index contributed by atoms with van der Waals surface area (Å²) in [6, 6.07) is 9.11. The Morgan fingerprint density at radius 3 is 2.81 bits per heavy atom. The highest BCUT2D eigenvalue weighted by molar-refractivity contribution is 6.30. The van der Waals surface area contributed by atoms with Gasteiger partial charge in [-0.2, -0.15) is 0 Å². The minimum Gasteiger partial charge on any atom is -0.333 e. The van der Waals surface area contributed by atoms with Gasteiger partial charge in [0, 0.05) is 49.4 Å². The summed E-state index contributed by atoms with van der Waals surface area (Å²) in [7, 11) is 0. The number of hydrogen-bond acceptors (Lipinski definition) is 4. The third-order valence-electron chi connectivity index (χ3n) is 5.57. The molecule has 2 fully saturated rings. The van der Waals surface area contributed by atoms with Gasteiger partial charge in [0.1, 0.15) is 0 Å². The molecule has 0 bridgehead atoms. The van der Waals surface area contributed by atoms with Gasteiger partial charge in [0.25, 0.3) is 0 Å². The second kappa shape index (κ2) is 7.69.